The van der Waals surface area contributed by atoms with Crippen molar-refractivity contribution in [2.75, 3.05) is 13.7 Å². The summed E-state index contributed by atoms with van der Waals surface area (Å²) in [5.41, 5.74) is -1.37. The van der Waals surface area contributed by atoms with Gasteiger partial charge in [-0.2, -0.15) is 13.5 Å². The van der Waals surface area contributed by atoms with E-state index in [9.17, 15) is 27.6 Å². The van der Waals surface area contributed by atoms with Crippen LogP contribution in [0.25, 0.3) is 5.69 Å². The Morgan fingerprint density at radius 1 is 0.958 bits per heavy atom. The number of methoxy groups -OCH3 is 1. The minimum absolute atomic E-state index is 0.0424. The summed E-state index contributed by atoms with van der Waals surface area (Å²) in [6.07, 6.45) is -0.794. The van der Waals surface area contributed by atoms with E-state index in [0.717, 1.165) is 12.1 Å². The van der Waals surface area contributed by atoms with E-state index in [1.54, 1.807) is 56.3 Å². The molecule has 4 rings (SSSR count). The number of aromatic nitrogens is 3. The predicted molar refractivity (Wildman–Crippen MR) is 174 cm³/mol. The number of nitrogens with zero attached hydrogens (tertiary/aromatic N) is 3. The highest BCUT2D eigenvalue weighted by atomic mass is 35.5. The third kappa shape index (κ3) is 10.0. The van der Waals surface area contributed by atoms with Crippen LogP contribution in [0.5, 0.6) is 17.2 Å². The smallest absolute Gasteiger partial charge is 0.355 e. The van der Waals surface area contributed by atoms with Gasteiger partial charge in [0.1, 0.15) is 34.1 Å². The number of carbonyl (C=O) groups is 2. The molecule has 0 aliphatic heterocycles. The van der Waals surface area contributed by atoms with Gasteiger partial charge in [0.15, 0.2) is 11.9 Å². The summed E-state index contributed by atoms with van der Waals surface area (Å²) in [5, 5.41) is 3.48. The Morgan fingerprint density at radius 2 is 1.60 bits per heavy atom. The molecule has 0 radical (unpaired) electrons. The molecular weight excluding hydrogens is 725 g/mol. The van der Waals surface area contributed by atoms with Crippen molar-refractivity contribution in [2.24, 2.45) is 0 Å². The number of benzene rings is 3. The van der Waals surface area contributed by atoms with Crippen molar-refractivity contribution in [1.29, 1.82) is 0 Å². The van der Waals surface area contributed by atoms with Gasteiger partial charge in [0, 0.05) is 16.5 Å². The van der Waals surface area contributed by atoms with Gasteiger partial charge < -0.3 is 18.9 Å². The Balaban J connectivity index is 0.000000264. The number of halogens is 7. The van der Waals surface area contributed by atoms with E-state index in [2.05, 4.69) is 9.84 Å². The minimum atomic E-state index is -3.12. The monoisotopic (exact) mass is 751 g/mol. The number of alkyl halides is 3. The van der Waals surface area contributed by atoms with Gasteiger partial charge in [-0.05, 0) is 80.9 Å². The Labute approximate surface area is 292 Å². The number of carbonyl (C=O) groups excluding carboxylic acids is 2. The first-order valence-corrected chi connectivity index (χ1v) is 15.5. The van der Waals surface area contributed by atoms with Gasteiger partial charge in [-0.1, -0.05) is 34.8 Å². The summed E-state index contributed by atoms with van der Waals surface area (Å²) in [4.78, 5) is 35.0. The standard InChI is InChI=1S/C16H14Cl2O4.C15H14Cl2F3N3O3/c1-10(16(19)20-2)21-12-4-6-13(7-5-12)22-15-8-3-11(17)9-14(15)18;1-3-26-13(24)10(17)4-8-5-12(11(18)6-9(8)16)23-15(25)22(14(19)20)7(2)21-23/h3-10H,1-2H3;5-6,10,14H,3-4H2,1-2H3. The number of hydrogen-bond acceptors (Lipinski definition) is 8. The maximum absolute atomic E-state index is 14.2. The Morgan fingerprint density at radius 3 is 2.17 bits per heavy atom. The van der Waals surface area contributed by atoms with Crippen LogP contribution in [-0.4, -0.2) is 51.5 Å². The minimum Gasteiger partial charge on any atom is -0.479 e. The lowest BCUT2D eigenvalue weighted by molar-refractivity contribution is -0.148. The first-order chi connectivity index (χ1) is 22.7. The van der Waals surface area contributed by atoms with Gasteiger partial charge in [-0.3, -0.25) is 4.79 Å². The number of ether oxygens (including phenoxy) is 4. The fraction of sp³-hybridized carbons (Fsp3) is 0.290. The van der Waals surface area contributed by atoms with Crippen LogP contribution in [0.4, 0.5) is 13.2 Å². The summed E-state index contributed by atoms with van der Waals surface area (Å²) in [7, 11) is 1.31. The maximum Gasteiger partial charge on any atom is 0.355 e. The van der Waals surface area contributed by atoms with Crippen LogP contribution in [0, 0.1) is 12.7 Å². The first kappa shape index (κ1) is 38.5. The van der Waals surface area contributed by atoms with Crippen molar-refractivity contribution in [3.05, 3.63) is 97.4 Å². The summed E-state index contributed by atoms with van der Waals surface area (Å²) >= 11 is 23.8. The highest BCUT2D eigenvalue weighted by Crippen LogP contribution is 2.32. The molecular formula is C31H28Cl4F3N3O7. The third-order valence-electron chi connectivity index (χ3n) is 6.25. The van der Waals surface area contributed by atoms with Crippen molar-refractivity contribution < 1.29 is 41.7 Å². The molecule has 2 unspecified atom stereocenters. The lowest BCUT2D eigenvalue weighted by Gasteiger charge is -2.13. The quantitative estimate of drug-likeness (QED) is 0.112. The van der Waals surface area contributed by atoms with E-state index in [-0.39, 0.29) is 39.7 Å². The van der Waals surface area contributed by atoms with Crippen molar-refractivity contribution in [3.8, 4) is 22.9 Å². The van der Waals surface area contributed by atoms with Crippen LogP contribution in [0.1, 0.15) is 31.8 Å². The van der Waals surface area contributed by atoms with Crippen molar-refractivity contribution in [3.63, 3.8) is 0 Å². The predicted octanol–water partition coefficient (Wildman–Crippen LogP) is 7.97. The SMILES string of the molecule is CCOC(=O)C(Cl)Cc1cc(-n2nc(C)n(C(F)F)c2=O)c(F)cc1Cl.COC(=O)C(C)Oc1ccc(Oc2ccc(Cl)cc2Cl)cc1. The van der Waals surface area contributed by atoms with Gasteiger partial charge in [0.05, 0.1) is 18.7 Å². The zero-order chi connectivity index (χ0) is 35.7. The molecule has 0 aliphatic rings. The second-order valence-electron chi connectivity index (χ2n) is 9.64. The van der Waals surface area contributed by atoms with E-state index in [1.807, 2.05) is 0 Å². The summed E-state index contributed by atoms with van der Waals surface area (Å²) in [6, 6.07) is 13.8. The summed E-state index contributed by atoms with van der Waals surface area (Å²) in [6.45, 7) is 1.42. The van der Waals surface area contributed by atoms with Crippen molar-refractivity contribution >= 4 is 58.3 Å². The van der Waals surface area contributed by atoms with E-state index in [1.165, 1.54) is 14.0 Å². The number of hydrogen-bond donors (Lipinski definition) is 0. The molecule has 3 aromatic carbocycles. The number of rotatable bonds is 11. The van der Waals surface area contributed by atoms with Gasteiger partial charge in [-0.15, -0.1) is 16.7 Å². The number of aryl methyl sites for hydroxylation is 1. The van der Waals surface area contributed by atoms with Crippen LogP contribution in [0.3, 0.4) is 0 Å². The normalized spacial score (nSPS) is 12.1. The van der Waals surface area contributed by atoms with Crippen LogP contribution in [0.2, 0.25) is 15.1 Å². The van der Waals surface area contributed by atoms with Gasteiger partial charge in [0.2, 0.25) is 0 Å². The van der Waals surface area contributed by atoms with Gasteiger partial charge >= 0.3 is 24.2 Å². The summed E-state index contributed by atoms with van der Waals surface area (Å²) < 4.78 is 61.2. The molecule has 48 heavy (non-hydrogen) atoms. The van der Waals surface area contributed by atoms with Crippen LogP contribution in [-0.2, 0) is 25.5 Å². The second kappa shape index (κ2) is 17.5. The average Bonchev–Trinajstić information content (AvgIpc) is 3.33. The highest BCUT2D eigenvalue weighted by Gasteiger charge is 2.24. The highest BCUT2D eigenvalue weighted by molar-refractivity contribution is 6.35. The van der Waals surface area contributed by atoms with Gasteiger partial charge in [0.25, 0.3) is 0 Å². The van der Waals surface area contributed by atoms with Crippen LogP contribution in [0.15, 0.2) is 59.4 Å². The molecule has 0 bridgehead atoms. The molecule has 0 fully saturated rings. The maximum atomic E-state index is 14.2. The molecule has 0 amide bonds. The topological polar surface area (TPSA) is 111 Å². The fourth-order valence-corrected chi connectivity index (χ4v) is 4.86. The van der Waals surface area contributed by atoms with Crippen molar-refractivity contribution in [1.82, 2.24) is 14.3 Å². The zero-order valence-corrected chi connectivity index (χ0v) is 28.7. The average molecular weight is 753 g/mol. The molecule has 4 aromatic rings. The molecule has 0 aliphatic carbocycles. The molecule has 17 heteroatoms. The lowest BCUT2D eigenvalue weighted by atomic mass is 10.1. The third-order valence-corrected chi connectivity index (χ3v) is 7.47. The van der Waals surface area contributed by atoms with Gasteiger partial charge in [-0.25, -0.2) is 18.5 Å². The van der Waals surface area contributed by atoms with Crippen LogP contribution >= 0.6 is 46.4 Å². The Bertz CT molecular complexity index is 1800. The van der Waals surface area contributed by atoms with Crippen LogP contribution < -0.4 is 15.2 Å². The molecule has 2 atom stereocenters. The van der Waals surface area contributed by atoms with E-state index in [4.69, 9.17) is 60.6 Å². The lowest BCUT2D eigenvalue weighted by Crippen LogP contribution is -2.25. The molecule has 0 spiro atoms. The zero-order valence-electron chi connectivity index (χ0n) is 25.7. The fourth-order valence-electron chi connectivity index (χ4n) is 3.96. The molecule has 0 saturated carbocycles. The molecule has 0 saturated heterocycles. The van der Waals surface area contributed by atoms with E-state index in [0.29, 0.717) is 32.0 Å². The molecule has 1 aromatic heterocycles. The van der Waals surface area contributed by atoms with Crippen molar-refractivity contribution in [2.45, 2.75) is 45.2 Å². The second-order valence-corrected chi connectivity index (χ2v) is 11.4. The largest absolute Gasteiger partial charge is 0.479 e. The van der Waals surface area contributed by atoms with E-state index >= 15 is 0 Å². The van der Waals surface area contributed by atoms with E-state index < -0.39 is 41.5 Å². The summed E-state index contributed by atoms with van der Waals surface area (Å²) in [5.74, 6) is -0.735. The molecule has 258 valence electrons. The molecule has 1 heterocycles. The number of esters is 2. The first-order valence-electron chi connectivity index (χ1n) is 13.9. The molecule has 10 nitrogen and oxygen atoms in total. The molecule has 0 N–H and O–H groups in total. The Hall–Kier alpha value is -3.91. The Kier molecular flexibility index (Phi) is 14.0.